The van der Waals surface area contributed by atoms with Crippen LogP contribution in [-0.4, -0.2) is 10.9 Å². The first-order valence-corrected chi connectivity index (χ1v) is 7.54. The van der Waals surface area contributed by atoms with Crippen LogP contribution in [0, 0.1) is 11.7 Å². The zero-order valence-electron chi connectivity index (χ0n) is 10.9. The number of carbonyl (C=O) groups excluding carboxylic acids is 1. The van der Waals surface area contributed by atoms with Gasteiger partial charge in [0.25, 0.3) is 0 Å². The third kappa shape index (κ3) is 2.72. The molecule has 0 radical (unpaired) electrons. The minimum Gasteiger partial charge on any atom is -0.352 e. The molecule has 1 atom stereocenters. The van der Waals surface area contributed by atoms with Crippen LogP contribution in [0.5, 0.6) is 0 Å². The summed E-state index contributed by atoms with van der Waals surface area (Å²) in [4.78, 5) is 17.7. The Bertz CT molecular complexity index is 626. The first-order valence-electron chi connectivity index (χ1n) is 6.66. The lowest BCUT2D eigenvalue weighted by Gasteiger charge is -2.20. The normalized spacial score (nSPS) is 17.6. The summed E-state index contributed by atoms with van der Waals surface area (Å²) in [6, 6.07) is 6.52. The molecule has 0 saturated heterocycles. The third-order valence-corrected chi connectivity index (χ3v) is 4.57. The summed E-state index contributed by atoms with van der Waals surface area (Å²) >= 11 is 1.61. The number of hydrogen-bond acceptors (Lipinski definition) is 3. The number of nitrogens with zero attached hydrogens (tertiary/aromatic N) is 1. The van der Waals surface area contributed by atoms with Gasteiger partial charge >= 0.3 is 0 Å². The number of aromatic nitrogens is 1. The quantitative estimate of drug-likeness (QED) is 0.944. The number of fused-ring (bicyclic) bond motifs is 1. The average molecular weight is 290 g/mol. The largest absolute Gasteiger partial charge is 0.352 e. The van der Waals surface area contributed by atoms with Crippen molar-refractivity contribution < 1.29 is 9.18 Å². The molecular formula is C15H15FN2OS. The number of rotatable bonds is 3. The van der Waals surface area contributed by atoms with Gasteiger partial charge in [0.1, 0.15) is 5.82 Å². The zero-order valence-corrected chi connectivity index (χ0v) is 11.8. The molecule has 1 aliphatic rings. The highest BCUT2D eigenvalue weighted by Crippen LogP contribution is 2.27. The Kier molecular flexibility index (Phi) is 3.78. The Hall–Kier alpha value is -1.75. The second-order valence-electron chi connectivity index (χ2n) is 4.97. The standard InChI is InChI=1S/C15H15FN2OS/c16-12-4-2-1-3-11(12)8-17-15(19)10-5-6-13-14(7-10)20-9-18-13/h1-4,9-10H,5-8H2,(H,17,19). The van der Waals surface area contributed by atoms with E-state index in [2.05, 4.69) is 10.3 Å². The van der Waals surface area contributed by atoms with Crippen LogP contribution >= 0.6 is 11.3 Å². The van der Waals surface area contributed by atoms with E-state index >= 15 is 0 Å². The van der Waals surface area contributed by atoms with Crippen molar-refractivity contribution in [3.05, 3.63) is 51.7 Å². The summed E-state index contributed by atoms with van der Waals surface area (Å²) in [5, 5.41) is 2.84. The van der Waals surface area contributed by atoms with E-state index in [4.69, 9.17) is 0 Å². The third-order valence-electron chi connectivity index (χ3n) is 3.67. The Labute approximate surface area is 120 Å². The molecule has 5 heteroatoms. The van der Waals surface area contributed by atoms with Gasteiger partial charge in [-0.1, -0.05) is 18.2 Å². The SMILES string of the molecule is O=C(NCc1ccccc1F)C1CCc2ncsc2C1. The maximum atomic E-state index is 13.5. The van der Waals surface area contributed by atoms with Crippen molar-refractivity contribution in [3.8, 4) is 0 Å². The summed E-state index contributed by atoms with van der Waals surface area (Å²) in [6.07, 6.45) is 2.43. The van der Waals surface area contributed by atoms with Gasteiger partial charge in [-0.2, -0.15) is 0 Å². The molecule has 1 unspecified atom stereocenters. The van der Waals surface area contributed by atoms with E-state index in [1.54, 1.807) is 29.5 Å². The Morgan fingerprint density at radius 1 is 1.45 bits per heavy atom. The monoisotopic (exact) mass is 290 g/mol. The summed E-state index contributed by atoms with van der Waals surface area (Å²) in [5.41, 5.74) is 3.49. The maximum absolute atomic E-state index is 13.5. The molecule has 1 aromatic carbocycles. The van der Waals surface area contributed by atoms with Gasteiger partial charge in [0.15, 0.2) is 0 Å². The zero-order chi connectivity index (χ0) is 13.9. The van der Waals surface area contributed by atoms with Crippen LogP contribution in [0.3, 0.4) is 0 Å². The molecule has 1 N–H and O–H groups in total. The first-order chi connectivity index (χ1) is 9.74. The van der Waals surface area contributed by atoms with Crippen LogP contribution in [0.15, 0.2) is 29.8 Å². The molecule has 0 spiro atoms. The molecule has 3 nitrogen and oxygen atoms in total. The average Bonchev–Trinajstić information content (AvgIpc) is 2.93. The Morgan fingerprint density at radius 3 is 3.15 bits per heavy atom. The fourth-order valence-electron chi connectivity index (χ4n) is 2.49. The van der Waals surface area contributed by atoms with Crippen molar-refractivity contribution in [2.75, 3.05) is 0 Å². The van der Waals surface area contributed by atoms with Crippen LogP contribution < -0.4 is 5.32 Å². The fraction of sp³-hybridized carbons (Fsp3) is 0.333. The maximum Gasteiger partial charge on any atom is 0.223 e. The molecule has 1 amide bonds. The van der Waals surface area contributed by atoms with Crippen molar-refractivity contribution >= 4 is 17.2 Å². The predicted molar refractivity (Wildman–Crippen MR) is 75.9 cm³/mol. The van der Waals surface area contributed by atoms with Gasteiger partial charge in [0.05, 0.1) is 11.2 Å². The molecule has 1 aliphatic carbocycles. The molecule has 104 valence electrons. The van der Waals surface area contributed by atoms with Gasteiger partial charge in [-0.05, 0) is 25.3 Å². The number of carbonyl (C=O) groups is 1. The van der Waals surface area contributed by atoms with E-state index in [0.29, 0.717) is 5.56 Å². The van der Waals surface area contributed by atoms with Crippen LogP contribution in [0.2, 0.25) is 0 Å². The van der Waals surface area contributed by atoms with Gasteiger partial charge in [-0.3, -0.25) is 4.79 Å². The smallest absolute Gasteiger partial charge is 0.223 e. The summed E-state index contributed by atoms with van der Waals surface area (Å²) in [5.74, 6) is -0.289. The molecule has 0 fully saturated rings. The van der Waals surface area contributed by atoms with Crippen molar-refractivity contribution in [1.29, 1.82) is 0 Å². The highest BCUT2D eigenvalue weighted by Gasteiger charge is 2.26. The van der Waals surface area contributed by atoms with Crippen molar-refractivity contribution in [3.63, 3.8) is 0 Å². The van der Waals surface area contributed by atoms with E-state index in [-0.39, 0.29) is 24.2 Å². The minimum absolute atomic E-state index is 0.00676. The molecule has 0 saturated carbocycles. The highest BCUT2D eigenvalue weighted by atomic mass is 32.1. The van der Waals surface area contributed by atoms with E-state index < -0.39 is 0 Å². The van der Waals surface area contributed by atoms with Crippen molar-refractivity contribution in [2.45, 2.75) is 25.8 Å². The van der Waals surface area contributed by atoms with Crippen LogP contribution in [0.25, 0.3) is 0 Å². The number of aryl methyl sites for hydroxylation is 1. The molecule has 0 bridgehead atoms. The number of halogens is 1. The van der Waals surface area contributed by atoms with Crippen molar-refractivity contribution in [2.24, 2.45) is 5.92 Å². The highest BCUT2D eigenvalue weighted by molar-refractivity contribution is 7.09. The fourth-order valence-corrected chi connectivity index (χ4v) is 3.39. The summed E-state index contributed by atoms with van der Waals surface area (Å²) in [7, 11) is 0. The molecule has 1 heterocycles. The number of nitrogens with one attached hydrogen (secondary N) is 1. The lowest BCUT2D eigenvalue weighted by molar-refractivity contribution is -0.125. The number of hydrogen-bond donors (Lipinski definition) is 1. The van der Waals surface area contributed by atoms with Gasteiger partial charge in [0.2, 0.25) is 5.91 Å². The summed E-state index contributed by atoms with van der Waals surface area (Å²) in [6.45, 7) is 0.248. The number of amides is 1. The lowest BCUT2D eigenvalue weighted by Crippen LogP contribution is -2.33. The van der Waals surface area contributed by atoms with E-state index in [1.807, 2.05) is 5.51 Å². The Morgan fingerprint density at radius 2 is 2.30 bits per heavy atom. The van der Waals surface area contributed by atoms with Crippen LogP contribution in [-0.2, 0) is 24.2 Å². The predicted octanol–water partition coefficient (Wildman–Crippen LogP) is 2.70. The van der Waals surface area contributed by atoms with E-state index in [9.17, 15) is 9.18 Å². The topological polar surface area (TPSA) is 42.0 Å². The molecule has 0 aliphatic heterocycles. The second-order valence-corrected chi connectivity index (χ2v) is 5.91. The summed E-state index contributed by atoms with van der Waals surface area (Å²) < 4.78 is 13.5. The van der Waals surface area contributed by atoms with Crippen molar-refractivity contribution in [1.82, 2.24) is 10.3 Å². The van der Waals surface area contributed by atoms with Gasteiger partial charge in [0, 0.05) is 22.9 Å². The molecule has 1 aromatic heterocycles. The van der Waals surface area contributed by atoms with E-state index in [0.717, 1.165) is 25.0 Å². The molecule has 20 heavy (non-hydrogen) atoms. The number of thiazole rings is 1. The second kappa shape index (κ2) is 5.71. The van der Waals surface area contributed by atoms with Crippen LogP contribution in [0.1, 0.15) is 22.6 Å². The van der Waals surface area contributed by atoms with Gasteiger partial charge < -0.3 is 5.32 Å². The van der Waals surface area contributed by atoms with Gasteiger partial charge in [-0.15, -0.1) is 11.3 Å². The Balaban J connectivity index is 1.59. The van der Waals surface area contributed by atoms with Crippen LogP contribution in [0.4, 0.5) is 4.39 Å². The van der Waals surface area contributed by atoms with E-state index in [1.165, 1.54) is 10.9 Å². The molecular weight excluding hydrogens is 275 g/mol. The lowest BCUT2D eigenvalue weighted by atomic mass is 9.90. The minimum atomic E-state index is -0.277. The first kappa shape index (κ1) is 13.2. The van der Waals surface area contributed by atoms with Gasteiger partial charge in [-0.25, -0.2) is 9.37 Å². The number of benzene rings is 1. The molecule has 3 rings (SSSR count). The molecule has 2 aromatic rings.